The Morgan fingerprint density at radius 3 is 2.72 bits per heavy atom. The third kappa shape index (κ3) is 3.62. The standard InChI is InChI=1S/C19H14ClF2N5O2/c1-9(28)10-2-3-11(12(21)4-10)5-14-18-24-7-16(20)27(18)8-15(25-14)17-23-6-13(22)19(29)26-17/h2-4,6-9,28H,5H2,1H3,(H,23,26,29). The van der Waals surface area contributed by atoms with Gasteiger partial charge in [0.05, 0.1) is 24.2 Å². The van der Waals surface area contributed by atoms with Crippen LogP contribution in [0.25, 0.3) is 17.2 Å². The fourth-order valence-electron chi connectivity index (χ4n) is 2.91. The highest BCUT2D eigenvalue weighted by Gasteiger charge is 2.16. The van der Waals surface area contributed by atoms with Crippen molar-refractivity contribution >= 4 is 17.2 Å². The Balaban J connectivity index is 1.83. The summed E-state index contributed by atoms with van der Waals surface area (Å²) in [5.74, 6) is -1.48. The molecular formula is C19H14ClF2N5O2. The first-order chi connectivity index (χ1) is 13.8. The molecule has 1 aromatic carbocycles. The van der Waals surface area contributed by atoms with Gasteiger partial charge in [-0.25, -0.2) is 19.3 Å². The minimum atomic E-state index is -1.02. The molecule has 7 nitrogen and oxygen atoms in total. The van der Waals surface area contributed by atoms with Gasteiger partial charge in [-0.15, -0.1) is 0 Å². The van der Waals surface area contributed by atoms with Crippen molar-refractivity contribution in [3.05, 3.63) is 80.8 Å². The number of H-pyrrole nitrogens is 1. The fraction of sp³-hybridized carbons (Fsp3) is 0.158. The zero-order valence-electron chi connectivity index (χ0n) is 15.0. The van der Waals surface area contributed by atoms with Gasteiger partial charge in [-0.3, -0.25) is 9.20 Å². The van der Waals surface area contributed by atoms with Crippen LogP contribution in [0.15, 0.2) is 41.6 Å². The lowest BCUT2D eigenvalue weighted by Crippen LogP contribution is -2.13. The fourth-order valence-corrected chi connectivity index (χ4v) is 3.09. The number of aromatic nitrogens is 5. The maximum absolute atomic E-state index is 14.5. The molecule has 10 heteroatoms. The van der Waals surface area contributed by atoms with Gasteiger partial charge in [-0.1, -0.05) is 23.7 Å². The summed E-state index contributed by atoms with van der Waals surface area (Å²) >= 11 is 6.17. The molecule has 3 aromatic heterocycles. The molecule has 4 rings (SSSR count). The van der Waals surface area contributed by atoms with E-state index < -0.39 is 23.3 Å². The van der Waals surface area contributed by atoms with Crippen LogP contribution >= 0.6 is 11.6 Å². The van der Waals surface area contributed by atoms with Gasteiger partial charge in [0, 0.05) is 12.6 Å². The maximum atomic E-state index is 14.5. The van der Waals surface area contributed by atoms with E-state index in [2.05, 4.69) is 19.9 Å². The Bertz CT molecular complexity index is 1290. The second-order valence-corrected chi connectivity index (χ2v) is 6.85. The summed E-state index contributed by atoms with van der Waals surface area (Å²) in [5, 5.41) is 9.88. The Morgan fingerprint density at radius 2 is 2.03 bits per heavy atom. The van der Waals surface area contributed by atoms with Crippen molar-refractivity contribution in [3.8, 4) is 11.5 Å². The summed E-state index contributed by atoms with van der Waals surface area (Å²) in [6, 6.07) is 4.45. The first kappa shape index (κ1) is 19.2. The summed E-state index contributed by atoms with van der Waals surface area (Å²) in [6.07, 6.45) is 2.99. The van der Waals surface area contributed by atoms with Crippen LogP contribution in [0.2, 0.25) is 5.15 Å². The van der Waals surface area contributed by atoms with Crippen LogP contribution in [-0.2, 0) is 6.42 Å². The zero-order valence-corrected chi connectivity index (χ0v) is 15.8. The van der Waals surface area contributed by atoms with Crippen molar-refractivity contribution < 1.29 is 13.9 Å². The van der Waals surface area contributed by atoms with Crippen LogP contribution in [0.3, 0.4) is 0 Å². The van der Waals surface area contributed by atoms with Gasteiger partial charge in [0.1, 0.15) is 16.7 Å². The molecule has 0 radical (unpaired) electrons. The van der Waals surface area contributed by atoms with Crippen molar-refractivity contribution in [1.29, 1.82) is 0 Å². The Morgan fingerprint density at radius 1 is 1.24 bits per heavy atom. The molecule has 0 aliphatic carbocycles. The topological polar surface area (TPSA) is 96.2 Å². The summed E-state index contributed by atoms with van der Waals surface area (Å²) in [4.78, 5) is 26.4. The van der Waals surface area contributed by atoms with E-state index in [1.807, 2.05) is 0 Å². The zero-order chi connectivity index (χ0) is 20.7. The molecule has 4 aromatic rings. The number of hydrogen-bond acceptors (Lipinski definition) is 5. The second kappa shape index (κ2) is 7.34. The second-order valence-electron chi connectivity index (χ2n) is 6.46. The SMILES string of the molecule is CC(O)c1ccc(Cc2nc(-c3ncc(F)c(=O)[nH]3)cn3c(Cl)cnc23)c(F)c1. The summed E-state index contributed by atoms with van der Waals surface area (Å²) in [7, 11) is 0. The van der Waals surface area contributed by atoms with E-state index in [0.29, 0.717) is 22.5 Å². The van der Waals surface area contributed by atoms with Gasteiger partial charge in [0.2, 0.25) is 5.82 Å². The molecule has 0 aliphatic rings. The lowest BCUT2D eigenvalue weighted by Gasteiger charge is -2.10. The van der Waals surface area contributed by atoms with Gasteiger partial charge in [-0.05, 0) is 24.1 Å². The number of nitrogens with zero attached hydrogens (tertiary/aromatic N) is 4. The molecule has 1 unspecified atom stereocenters. The molecule has 0 bridgehead atoms. The molecule has 2 N–H and O–H groups in total. The first-order valence-corrected chi connectivity index (χ1v) is 8.95. The van der Waals surface area contributed by atoms with Gasteiger partial charge < -0.3 is 10.1 Å². The van der Waals surface area contributed by atoms with E-state index in [-0.39, 0.29) is 23.1 Å². The number of aliphatic hydroxyl groups excluding tert-OH is 1. The van der Waals surface area contributed by atoms with Crippen LogP contribution in [0.1, 0.15) is 29.8 Å². The van der Waals surface area contributed by atoms with E-state index in [4.69, 9.17) is 11.6 Å². The quantitative estimate of drug-likeness (QED) is 0.532. The van der Waals surface area contributed by atoms with Crippen LogP contribution in [0, 0.1) is 11.6 Å². The highest BCUT2D eigenvalue weighted by Crippen LogP contribution is 2.24. The van der Waals surface area contributed by atoms with E-state index >= 15 is 0 Å². The first-order valence-electron chi connectivity index (χ1n) is 8.57. The lowest BCUT2D eigenvalue weighted by atomic mass is 10.0. The number of imidazole rings is 1. The summed E-state index contributed by atoms with van der Waals surface area (Å²) < 4.78 is 29.3. The van der Waals surface area contributed by atoms with Gasteiger partial charge in [0.15, 0.2) is 11.5 Å². The molecule has 0 saturated carbocycles. The number of hydrogen-bond donors (Lipinski definition) is 2. The minimum Gasteiger partial charge on any atom is -0.389 e. The molecule has 0 amide bonds. The predicted octanol–water partition coefficient (Wildman–Crippen LogP) is 3.06. The van der Waals surface area contributed by atoms with Crippen LogP contribution in [0.5, 0.6) is 0 Å². The average Bonchev–Trinajstić information content (AvgIpc) is 3.06. The van der Waals surface area contributed by atoms with E-state index in [1.165, 1.54) is 22.9 Å². The summed E-state index contributed by atoms with van der Waals surface area (Å²) in [6.45, 7) is 1.55. The molecule has 148 valence electrons. The van der Waals surface area contributed by atoms with Crippen molar-refractivity contribution in [2.24, 2.45) is 0 Å². The van der Waals surface area contributed by atoms with E-state index in [9.17, 15) is 18.7 Å². The number of aromatic amines is 1. The largest absolute Gasteiger partial charge is 0.389 e. The van der Waals surface area contributed by atoms with Crippen LogP contribution in [-0.4, -0.2) is 29.4 Å². The van der Waals surface area contributed by atoms with E-state index in [1.54, 1.807) is 19.1 Å². The van der Waals surface area contributed by atoms with Crippen molar-refractivity contribution in [3.63, 3.8) is 0 Å². The number of nitrogens with one attached hydrogen (secondary N) is 1. The Labute approximate surface area is 167 Å². The third-order valence-electron chi connectivity index (χ3n) is 4.43. The minimum absolute atomic E-state index is 0.0363. The normalized spacial score (nSPS) is 12.4. The highest BCUT2D eigenvalue weighted by atomic mass is 35.5. The van der Waals surface area contributed by atoms with Crippen LogP contribution in [0.4, 0.5) is 8.78 Å². The number of benzene rings is 1. The van der Waals surface area contributed by atoms with Gasteiger partial charge in [0.25, 0.3) is 5.56 Å². The van der Waals surface area contributed by atoms with Crippen molar-refractivity contribution in [2.45, 2.75) is 19.4 Å². The molecular weight excluding hydrogens is 404 g/mol. The highest BCUT2D eigenvalue weighted by molar-refractivity contribution is 6.29. The van der Waals surface area contributed by atoms with Crippen molar-refractivity contribution in [1.82, 2.24) is 24.3 Å². The molecule has 3 heterocycles. The molecule has 0 spiro atoms. The molecule has 1 atom stereocenters. The smallest absolute Gasteiger partial charge is 0.287 e. The lowest BCUT2D eigenvalue weighted by molar-refractivity contribution is 0.199. The van der Waals surface area contributed by atoms with E-state index in [0.717, 1.165) is 6.20 Å². The summed E-state index contributed by atoms with van der Waals surface area (Å²) in [5.41, 5.74) is 0.850. The third-order valence-corrected chi connectivity index (χ3v) is 4.71. The average molecular weight is 418 g/mol. The predicted molar refractivity (Wildman–Crippen MR) is 102 cm³/mol. The molecule has 29 heavy (non-hydrogen) atoms. The molecule has 0 fully saturated rings. The maximum Gasteiger partial charge on any atom is 0.287 e. The Hall–Kier alpha value is -3.17. The van der Waals surface area contributed by atoms with Crippen LogP contribution < -0.4 is 5.56 Å². The number of rotatable bonds is 4. The molecule has 0 saturated heterocycles. The molecule has 0 aliphatic heterocycles. The van der Waals surface area contributed by atoms with Gasteiger partial charge >= 0.3 is 0 Å². The number of fused-ring (bicyclic) bond motifs is 1. The number of halogens is 3. The van der Waals surface area contributed by atoms with Crippen molar-refractivity contribution in [2.75, 3.05) is 0 Å². The number of aliphatic hydroxyl groups is 1. The van der Waals surface area contributed by atoms with Gasteiger partial charge in [-0.2, -0.15) is 4.39 Å². The monoisotopic (exact) mass is 417 g/mol. The Kier molecular flexibility index (Phi) is 4.85.